The normalized spacial score (nSPS) is 12.9. The van der Waals surface area contributed by atoms with Crippen LogP contribution in [0.4, 0.5) is 0 Å². The molecule has 0 aliphatic carbocycles. The van der Waals surface area contributed by atoms with Crippen molar-refractivity contribution in [2.45, 2.75) is 64.9 Å². The molecule has 0 aliphatic rings. The lowest BCUT2D eigenvalue weighted by atomic mass is 9.86. The van der Waals surface area contributed by atoms with Crippen molar-refractivity contribution in [1.82, 2.24) is 0 Å². The van der Waals surface area contributed by atoms with Crippen LogP contribution in [-0.2, 0) is 10.8 Å². The summed E-state index contributed by atoms with van der Waals surface area (Å²) in [6, 6.07) is 16.1. The number of quaternary nitrogens is 1. The maximum absolute atomic E-state index is 12.4. The van der Waals surface area contributed by atoms with Crippen LogP contribution in [0.3, 0.4) is 0 Å². The molecule has 3 N–H and O–H groups in total. The maximum atomic E-state index is 12.4. The van der Waals surface area contributed by atoms with Gasteiger partial charge in [0.25, 0.3) is 0 Å². The first kappa shape index (κ1) is 25.4. The fraction of sp³-hybridized carbons (Fsp3) is 0.480. The number of halogens is 1. The van der Waals surface area contributed by atoms with Crippen molar-refractivity contribution in [3.05, 3.63) is 70.8 Å². The Morgan fingerprint density at radius 2 is 1.31 bits per heavy atom. The van der Waals surface area contributed by atoms with E-state index in [1.807, 2.05) is 41.7 Å². The van der Waals surface area contributed by atoms with Gasteiger partial charge >= 0.3 is 0 Å². The lowest BCUT2D eigenvalue weighted by Crippen LogP contribution is -3.00. The van der Waals surface area contributed by atoms with Crippen molar-refractivity contribution >= 4 is 5.78 Å². The van der Waals surface area contributed by atoms with Crippen molar-refractivity contribution in [2.24, 2.45) is 0 Å². The minimum atomic E-state index is -0.518. The number of carbonyl (C=O) groups is 1. The average Bonchev–Trinajstić information content (AvgIpc) is 2.63. The first-order valence-corrected chi connectivity index (χ1v) is 10.2. The monoisotopic (exact) mass is 417 g/mol. The van der Waals surface area contributed by atoms with Crippen molar-refractivity contribution < 1.29 is 27.6 Å². The van der Waals surface area contributed by atoms with E-state index in [2.05, 4.69) is 53.7 Å². The number of Topliss-reactive ketones (excluding diaryl/α,β-unsaturated/α-hetero) is 1. The van der Waals surface area contributed by atoms with Crippen molar-refractivity contribution in [3.8, 4) is 0 Å². The predicted molar refractivity (Wildman–Crippen MR) is 116 cm³/mol. The minimum Gasteiger partial charge on any atom is -1.00 e. The number of nitrogens with two attached hydrogens (primary N) is 1. The Labute approximate surface area is 182 Å². The van der Waals surface area contributed by atoms with Crippen LogP contribution in [0.5, 0.6) is 0 Å². The van der Waals surface area contributed by atoms with Crippen LogP contribution in [-0.4, -0.2) is 24.0 Å². The lowest BCUT2D eigenvalue weighted by Gasteiger charge is -2.20. The summed E-state index contributed by atoms with van der Waals surface area (Å²) in [6.07, 6.45) is -0.0416. The largest absolute Gasteiger partial charge is 1.00 e. The first-order valence-electron chi connectivity index (χ1n) is 10.2. The van der Waals surface area contributed by atoms with Crippen molar-refractivity contribution in [2.75, 3.05) is 13.1 Å². The Morgan fingerprint density at radius 3 is 1.76 bits per heavy atom. The number of aliphatic hydroxyl groups is 1. The maximum Gasteiger partial charge on any atom is 0.168 e. The fourth-order valence-corrected chi connectivity index (χ4v) is 3.15. The third-order valence-corrected chi connectivity index (χ3v) is 5.20. The molecule has 1 unspecified atom stereocenters. The van der Waals surface area contributed by atoms with E-state index in [9.17, 15) is 9.90 Å². The van der Waals surface area contributed by atoms with E-state index in [-0.39, 0.29) is 29.0 Å². The van der Waals surface area contributed by atoms with Gasteiger partial charge in [0.1, 0.15) is 12.6 Å². The topological polar surface area (TPSA) is 53.9 Å². The van der Waals surface area contributed by atoms with Crippen LogP contribution in [0.1, 0.15) is 81.1 Å². The quantitative estimate of drug-likeness (QED) is 0.524. The Balaban J connectivity index is 0.00000420. The number of benzene rings is 2. The van der Waals surface area contributed by atoms with Gasteiger partial charge < -0.3 is 22.8 Å². The molecule has 29 heavy (non-hydrogen) atoms. The van der Waals surface area contributed by atoms with E-state index in [1.54, 1.807) is 0 Å². The highest BCUT2D eigenvalue weighted by atomic mass is 35.5. The summed E-state index contributed by atoms with van der Waals surface area (Å²) in [5.41, 5.74) is 4.39. The number of rotatable bonds is 7. The van der Waals surface area contributed by atoms with Gasteiger partial charge in [0.05, 0.1) is 13.0 Å². The van der Waals surface area contributed by atoms with Crippen LogP contribution in [0, 0.1) is 0 Å². The van der Waals surface area contributed by atoms with Gasteiger partial charge in [-0.15, -0.1) is 0 Å². The molecule has 0 bridgehead atoms. The van der Waals surface area contributed by atoms with Gasteiger partial charge in [0, 0.05) is 5.56 Å². The second kappa shape index (κ2) is 10.4. The smallest absolute Gasteiger partial charge is 0.168 e. The molecule has 3 nitrogen and oxygen atoms in total. The number of hydrogen-bond donors (Lipinski definition) is 2. The van der Waals surface area contributed by atoms with E-state index in [0.29, 0.717) is 19.5 Å². The molecule has 0 aromatic heterocycles. The molecule has 1 atom stereocenters. The summed E-state index contributed by atoms with van der Waals surface area (Å²) in [4.78, 5) is 12.4. The first-order chi connectivity index (χ1) is 13.0. The molecule has 0 saturated heterocycles. The average molecular weight is 418 g/mol. The second-order valence-corrected chi connectivity index (χ2v) is 9.70. The highest BCUT2D eigenvalue weighted by Gasteiger charge is 2.16. The zero-order valence-electron chi connectivity index (χ0n) is 18.6. The van der Waals surface area contributed by atoms with Crippen molar-refractivity contribution in [3.63, 3.8) is 0 Å². The molecule has 0 heterocycles. The van der Waals surface area contributed by atoms with Gasteiger partial charge in [-0.25, -0.2) is 0 Å². The molecule has 0 radical (unpaired) electrons. The molecule has 2 aromatic rings. The van der Waals surface area contributed by atoms with Gasteiger partial charge in [-0.05, 0) is 27.5 Å². The molecule has 0 amide bonds. The third kappa shape index (κ3) is 7.58. The van der Waals surface area contributed by atoms with Crippen LogP contribution < -0.4 is 17.7 Å². The van der Waals surface area contributed by atoms with E-state index < -0.39 is 6.10 Å². The van der Waals surface area contributed by atoms with Gasteiger partial charge in [-0.2, -0.15) is 0 Å². The molecular formula is C25H36ClNO2. The number of carbonyl (C=O) groups excluding carboxylic acids is 1. The molecule has 0 aliphatic heterocycles. The van der Waals surface area contributed by atoms with E-state index in [4.69, 9.17) is 0 Å². The standard InChI is InChI=1S/C25H35NO2.ClH/c1-24(2,3)20-11-7-18(8-12-20)22(27)15-16-26-17-23(28)19-9-13-21(14-10-19)25(4,5)6;/h7-14,23,26,28H,15-17H2,1-6H3;1H. The molecule has 0 spiro atoms. The van der Waals surface area contributed by atoms with Gasteiger partial charge in [0.2, 0.25) is 0 Å². The molecule has 2 rings (SSSR count). The summed E-state index contributed by atoms with van der Waals surface area (Å²) >= 11 is 0. The molecule has 0 saturated carbocycles. The number of hydrogen-bond acceptors (Lipinski definition) is 2. The van der Waals surface area contributed by atoms with Crippen LogP contribution in [0.2, 0.25) is 0 Å². The van der Waals surface area contributed by atoms with Crippen molar-refractivity contribution in [1.29, 1.82) is 0 Å². The molecular weight excluding hydrogens is 382 g/mol. The lowest BCUT2D eigenvalue weighted by molar-refractivity contribution is -0.660. The van der Waals surface area contributed by atoms with Crippen LogP contribution in [0.25, 0.3) is 0 Å². The van der Waals surface area contributed by atoms with Crippen LogP contribution >= 0.6 is 0 Å². The Morgan fingerprint density at radius 1 is 0.862 bits per heavy atom. The Kier molecular flexibility index (Phi) is 9.08. The zero-order chi connectivity index (χ0) is 20.9. The van der Waals surface area contributed by atoms with E-state index in [1.165, 1.54) is 11.1 Å². The highest BCUT2D eigenvalue weighted by molar-refractivity contribution is 5.96. The summed E-state index contributed by atoms with van der Waals surface area (Å²) in [6.45, 7) is 14.3. The minimum absolute atomic E-state index is 0. The molecule has 0 fully saturated rings. The SMILES string of the molecule is CC(C)(C)c1ccc(C(=O)CC[NH2+]CC(O)c2ccc(C(C)(C)C)cc2)cc1.[Cl-]. The fourth-order valence-electron chi connectivity index (χ4n) is 3.15. The summed E-state index contributed by atoms with van der Waals surface area (Å²) < 4.78 is 0. The van der Waals surface area contributed by atoms with Gasteiger partial charge in [-0.1, -0.05) is 90.1 Å². The third-order valence-electron chi connectivity index (χ3n) is 5.20. The molecule has 2 aromatic carbocycles. The molecule has 160 valence electrons. The number of ketones is 1. The predicted octanol–water partition coefficient (Wildman–Crippen LogP) is 1.16. The van der Waals surface area contributed by atoms with E-state index in [0.717, 1.165) is 11.1 Å². The number of aliphatic hydroxyl groups excluding tert-OH is 1. The van der Waals surface area contributed by atoms with E-state index >= 15 is 0 Å². The second-order valence-electron chi connectivity index (χ2n) is 9.70. The van der Waals surface area contributed by atoms with Gasteiger partial charge in [0.15, 0.2) is 5.78 Å². The Hall–Kier alpha value is -1.68. The summed E-state index contributed by atoms with van der Waals surface area (Å²) in [7, 11) is 0. The molecule has 4 heteroatoms. The van der Waals surface area contributed by atoms with Gasteiger partial charge in [-0.3, -0.25) is 4.79 Å². The zero-order valence-corrected chi connectivity index (χ0v) is 19.4. The summed E-state index contributed by atoms with van der Waals surface area (Å²) in [5, 5.41) is 12.4. The Bertz CT molecular complexity index is 768. The summed E-state index contributed by atoms with van der Waals surface area (Å²) in [5.74, 6) is 0.153. The van der Waals surface area contributed by atoms with Crippen LogP contribution in [0.15, 0.2) is 48.5 Å². The highest BCUT2D eigenvalue weighted by Crippen LogP contribution is 2.24.